The van der Waals surface area contributed by atoms with Crippen LogP contribution in [0.5, 0.6) is 0 Å². The molecule has 2 fully saturated rings. The van der Waals surface area contributed by atoms with Gasteiger partial charge in [-0.1, -0.05) is 18.2 Å². The number of hydrogen-bond donors (Lipinski definition) is 1. The van der Waals surface area contributed by atoms with Gasteiger partial charge in [0.05, 0.1) is 6.54 Å². The maximum atomic E-state index is 13.6. The number of piperazine rings is 1. The van der Waals surface area contributed by atoms with Crippen LogP contribution in [0.2, 0.25) is 0 Å². The van der Waals surface area contributed by atoms with E-state index in [9.17, 15) is 14.0 Å². The van der Waals surface area contributed by atoms with Crippen LogP contribution in [0.25, 0.3) is 0 Å². The van der Waals surface area contributed by atoms with E-state index < -0.39 is 0 Å². The molecule has 0 unspecified atom stereocenters. The zero-order valence-corrected chi connectivity index (χ0v) is 13.8. The Morgan fingerprint density at radius 1 is 1.12 bits per heavy atom. The number of amides is 2. The molecule has 6 heteroatoms. The molecular weight excluding hydrogens is 309 g/mol. The van der Waals surface area contributed by atoms with Crippen LogP contribution in [-0.4, -0.2) is 60.4 Å². The van der Waals surface area contributed by atoms with Gasteiger partial charge in [-0.05, 0) is 30.9 Å². The van der Waals surface area contributed by atoms with Gasteiger partial charge in [-0.15, -0.1) is 0 Å². The van der Waals surface area contributed by atoms with Crippen molar-refractivity contribution in [2.24, 2.45) is 0 Å². The summed E-state index contributed by atoms with van der Waals surface area (Å²) in [6, 6.07) is 6.97. The van der Waals surface area contributed by atoms with E-state index in [0.29, 0.717) is 57.2 Å². The van der Waals surface area contributed by atoms with Gasteiger partial charge < -0.3 is 10.2 Å². The summed E-state index contributed by atoms with van der Waals surface area (Å²) in [6.45, 7) is 3.10. The second-order valence-electron chi connectivity index (χ2n) is 6.59. The summed E-state index contributed by atoms with van der Waals surface area (Å²) in [5.74, 6) is -0.117. The molecule has 1 aromatic rings. The van der Waals surface area contributed by atoms with Gasteiger partial charge in [0, 0.05) is 38.6 Å². The van der Waals surface area contributed by atoms with Crippen molar-refractivity contribution in [2.45, 2.75) is 31.7 Å². The van der Waals surface area contributed by atoms with Gasteiger partial charge in [0.2, 0.25) is 11.8 Å². The molecule has 1 saturated carbocycles. The lowest BCUT2D eigenvalue weighted by Gasteiger charge is -2.34. The summed E-state index contributed by atoms with van der Waals surface area (Å²) in [6.07, 6.45) is 2.94. The van der Waals surface area contributed by atoms with Crippen molar-refractivity contribution in [3.05, 3.63) is 35.6 Å². The van der Waals surface area contributed by atoms with Gasteiger partial charge in [-0.3, -0.25) is 14.5 Å². The minimum atomic E-state index is -0.253. The van der Waals surface area contributed by atoms with Crippen LogP contribution in [-0.2, 0) is 16.0 Å². The lowest BCUT2D eigenvalue weighted by Crippen LogP contribution is -2.51. The van der Waals surface area contributed by atoms with Crippen molar-refractivity contribution < 1.29 is 14.0 Å². The molecule has 1 N–H and O–H groups in total. The third kappa shape index (κ3) is 4.77. The average molecular weight is 333 g/mol. The number of carbonyl (C=O) groups excluding carboxylic acids is 2. The molecule has 3 rings (SSSR count). The SMILES string of the molecule is O=C(CN1CCN(C(=O)CCc2ccccc2F)CC1)NC1CC1. The van der Waals surface area contributed by atoms with Crippen LogP contribution < -0.4 is 5.32 Å². The van der Waals surface area contributed by atoms with Crippen molar-refractivity contribution in [3.63, 3.8) is 0 Å². The third-order valence-electron chi connectivity index (χ3n) is 4.60. The van der Waals surface area contributed by atoms with E-state index >= 15 is 0 Å². The van der Waals surface area contributed by atoms with E-state index in [1.54, 1.807) is 18.2 Å². The second kappa shape index (κ2) is 7.75. The van der Waals surface area contributed by atoms with Crippen molar-refractivity contribution in [1.29, 1.82) is 0 Å². The molecule has 5 nitrogen and oxygen atoms in total. The second-order valence-corrected chi connectivity index (χ2v) is 6.59. The molecule has 130 valence electrons. The van der Waals surface area contributed by atoms with E-state index in [0.717, 1.165) is 12.8 Å². The maximum absolute atomic E-state index is 13.6. The van der Waals surface area contributed by atoms with Crippen molar-refractivity contribution in [3.8, 4) is 0 Å². The monoisotopic (exact) mass is 333 g/mol. The molecular formula is C18H24FN3O2. The number of hydrogen-bond acceptors (Lipinski definition) is 3. The first-order valence-electron chi connectivity index (χ1n) is 8.65. The Morgan fingerprint density at radius 2 is 1.83 bits per heavy atom. The lowest BCUT2D eigenvalue weighted by molar-refractivity contribution is -0.133. The van der Waals surface area contributed by atoms with Crippen LogP contribution in [0, 0.1) is 5.82 Å². The van der Waals surface area contributed by atoms with Gasteiger partial charge in [0.25, 0.3) is 0 Å². The third-order valence-corrected chi connectivity index (χ3v) is 4.60. The summed E-state index contributed by atoms with van der Waals surface area (Å²) in [7, 11) is 0. The van der Waals surface area contributed by atoms with E-state index in [-0.39, 0.29) is 17.6 Å². The highest BCUT2D eigenvalue weighted by atomic mass is 19.1. The molecule has 0 aromatic heterocycles. The fourth-order valence-electron chi connectivity index (χ4n) is 2.96. The molecule has 2 aliphatic rings. The van der Waals surface area contributed by atoms with Gasteiger partial charge in [-0.25, -0.2) is 4.39 Å². The Morgan fingerprint density at radius 3 is 2.50 bits per heavy atom. The van der Waals surface area contributed by atoms with Crippen LogP contribution in [0.3, 0.4) is 0 Å². The maximum Gasteiger partial charge on any atom is 0.234 e. The van der Waals surface area contributed by atoms with E-state index in [1.807, 2.05) is 4.90 Å². The fourth-order valence-corrected chi connectivity index (χ4v) is 2.96. The standard InChI is InChI=1S/C18H24FN3O2/c19-16-4-2-1-3-14(16)5-8-18(24)22-11-9-21(10-12-22)13-17(23)20-15-6-7-15/h1-4,15H,5-13H2,(H,20,23). The minimum Gasteiger partial charge on any atom is -0.352 e. The number of benzene rings is 1. The molecule has 0 bridgehead atoms. The highest BCUT2D eigenvalue weighted by Gasteiger charge is 2.26. The zero-order valence-electron chi connectivity index (χ0n) is 13.8. The Balaban J connectivity index is 1.38. The molecule has 2 amide bonds. The summed E-state index contributed by atoms with van der Waals surface area (Å²) in [5, 5.41) is 2.98. The first kappa shape index (κ1) is 16.9. The van der Waals surface area contributed by atoms with E-state index in [4.69, 9.17) is 0 Å². The molecule has 1 aliphatic carbocycles. The molecule has 1 aliphatic heterocycles. The number of rotatable bonds is 6. The predicted octanol–water partition coefficient (Wildman–Crippen LogP) is 1.18. The molecule has 24 heavy (non-hydrogen) atoms. The van der Waals surface area contributed by atoms with Gasteiger partial charge in [-0.2, -0.15) is 0 Å². The van der Waals surface area contributed by atoms with Gasteiger partial charge in [0.15, 0.2) is 0 Å². The Hall–Kier alpha value is -1.95. The summed E-state index contributed by atoms with van der Waals surface area (Å²) >= 11 is 0. The number of nitrogens with one attached hydrogen (secondary N) is 1. The number of carbonyl (C=O) groups is 2. The van der Waals surface area contributed by atoms with Crippen molar-refractivity contribution in [1.82, 2.24) is 15.1 Å². The van der Waals surface area contributed by atoms with Crippen LogP contribution in [0.4, 0.5) is 4.39 Å². The molecule has 0 atom stereocenters. The lowest BCUT2D eigenvalue weighted by atomic mass is 10.1. The average Bonchev–Trinajstić information content (AvgIpc) is 3.38. The molecule has 1 aromatic carbocycles. The highest BCUT2D eigenvalue weighted by Crippen LogP contribution is 2.18. The van der Waals surface area contributed by atoms with Crippen LogP contribution >= 0.6 is 0 Å². The normalized spacial score (nSPS) is 18.5. The van der Waals surface area contributed by atoms with Crippen LogP contribution in [0.15, 0.2) is 24.3 Å². The number of halogens is 1. The highest BCUT2D eigenvalue weighted by molar-refractivity contribution is 5.79. The molecule has 0 radical (unpaired) electrons. The predicted molar refractivity (Wildman–Crippen MR) is 88.9 cm³/mol. The van der Waals surface area contributed by atoms with Crippen molar-refractivity contribution >= 4 is 11.8 Å². The number of aryl methyl sites for hydroxylation is 1. The largest absolute Gasteiger partial charge is 0.352 e. The minimum absolute atomic E-state index is 0.0559. The molecule has 0 spiro atoms. The fraction of sp³-hybridized carbons (Fsp3) is 0.556. The number of nitrogens with zero attached hydrogens (tertiary/aromatic N) is 2. The Bertz CT molecular complexity index is 596. The van der Waals surface area contributed by atoms with Crippen LogP contribution in [0.1, 0.15) is 24.8 Å². The summed E-state index contributed by atoms with van der Waals surface area (Å²) in [4.78, 5) is 28.0. The van der Waals surface area contributed by atoms with E-state index in [1.165, 1.54) is 6.07 Å². The van der Waals surface area contributed by atoms with E-state index in [2.05, 4.69) is 10.2 Å². The van der Waals surface area contributed by atoms with Gasteiger partial charge >= 0.3 is 0 Å². The Kier molecular flexibility index (Phi) is 5.45. The smallest absolute Gasteiger partial charge is 0.234 e. The summed E-state index contributed by atoms with van der Waals surface area (Å²) < 4.78 is 13.6. The Labute approximate surface area is 141 Å². The quantitative estimate of drug-likeness (QED) is 0.851. The first-order valence-corrected chi connectivity index (χ1v) is 8.65. The zero-order chi connectivity index (χ0) is 16.9. The molecule has 1 saturated heterocycles. The summed E-state index contributed by atoms with van der Waals surface area (Å²) in [5.41, 5.74) is 0.584. The first-order chi connectivity index (χ1) is 11.6. The molecule has 1 heterocycles. The topological polar surface area (TPSA) is 52.7 Å². The van der Waals surface area contributed by atoms with Crippen molar-refractivity contribution in [2.75, 3.05) is 32.7 Å². The van der Waals surface area contributed by atoms with Gasteiger partial charge in [0.1, 0.15) is 5.82 Å².